The summed E-state index contributed by atoms with van der Waals surface area (Å²) in [5.74, 6) is 0.510. The van der Waals surface area contributed by atoms with Gasteiger partial charge in [-0.05, 0) is 54.8 Å². The van der Waals surface area contributed by atoms with E-state index in [0.717, 1.165) is 23.3 Å². The van der Waals surface area contributed by atoms with Crippen LogP contribution in [0.5, 0.6) is 5.75 Å². The Morgan fingerprint density at radius 2 is 1.93 bits per heavy atom. The molecule has 0 fully saturated rings. The number of halogens is 1. The highest BCUT2D eigenvalue weighted by atomic mass is 35.5. The molecular formula is C20H24ClN3O3. The Kier molecular flexibility index (Phi) is 7.49. The van der Waals surface area contributed by atoms with Crippen molar-refractivity contribution in [2.45, 2.75) is 26.8 Å². The second-order valence-electron chi connectivity index (χ2n) is 6.02. The van der Waals surface area contributed by atoms with Crippen molar-refractivity contribution in [3.63, 3.8) is 0 Å². The van der Waals surface area contributed by atoms with Crippen LogP contribution in [0.4, 0.5) is 10.5 Å². The van der Waals surface area contributed by atoms with Gasteiger partial charge in [0.15, 0.2) is 0 Å². The molecule has 2 aromatic rings. The van der Waals surface area contributed by atoms with Gasteiger partial charge < -0.3 is 20.7 Å². The average molecular weight is 390 g/mol. The average Bonchev–Trinajstić information content (AvgIpc) is 2.66. The van der Waals surface area contributed by atoms with Crippen LogP contribution in [0.1, 0.15) is 34.8 Å². The summed E-state index contributed by atoms with van der Waals surface area (Å²) in [5.41, 5.74) is 2.82. The SMILES string of the molecule is CCCOc1ccc(CNC(=O)Nc2ccc(Cl)c(C(=O)NC)c2)c(C)c1. The largest absolute Gasteiger partial charge is 0.494 e. The number of carbonyl (C=O) groups excluding carboxylic acids is 2. The zero-order valence-electron chi connectivity index (χ0n) is 15.7. The lowest BCUT2D eigenvalue weighted by Gasteiger charge is -2.12. The molecule has 0 aliphatic heterocycles. The van der Waals surface area contributed by atoms with Crippen LogP contribution in [0.3, 0.4) is 0 Å². The number of hydrogen-bond donors (Lipinski definition) is 3. The Hall–Kier alpha value is -2.73. The summed E-state index contributed by atoms with van der Waals surface area (Å²) < 4.78 is 5.60. The summed E-state index contributed by atoms with van der Waals surface area (Å²) >= 11 is 6.01. The summed E-state index contributed by atoms with van der Waals surface area (Å²) in [7, 11) is 1.52. The van der Waals surface area contributed by atoms with Gasteiger partial charge in [-0.2, -0.15) is 0 Å². The highest BCUT2D eigenvalue weighted by Gasteiger charge is 2.11. The molecule has 0 radical (unpaired) electrons. The molecule has 0 aliphatic rings. The van der Waals surface area contributed by atoms with Crippen molar-refractivity contribution in [2.24, 2.45) is 0 Å². The van der Waals surface area contributed by atoms with Crippen LogP contribution in [0, 0.1) is 6.92 Å². The molecule has 0 atom stereocenters. The molecule has 0 saturated heterocycles. The van der Waals surface area contributed by atoms with E-state index in [4.69, 9.17) is 16.3 Å². The van der Waals surface area contributed by atoms with Gasteiger partial charge in [-0.25, -0.2) is 4.79 Å². The Balaban J connectivity index is 1.96. The number of nitrogens with one attached hydrogen (secondary N) is 3. The van der Waals surface area contributed by atoms with Crippen LogP contribution in [-0.4, -0.2) is 25.6 Å². The second-order valence-corrected chi connectivity index (χ2v) is 6.43. The van der Waals surface area contributed by atoms with Crippen LogP contribution in [0.25, 0.3) is 0 Å². The number of aryl methyl sites for hydroxylation is 1. The maximum Gasteiger partial charge on any atom is 0.319 e. The van der Waals surface area contributed by atoms with E-state index < -0.39 is 0 Å². The van der Waals surface area contributed by atoms with E-state index in [-0.39, 0.29) is 11.9 Å². The lowest BCUT2D eigenvalue weighted by atomic mass is 10.1. The normalized spacial score (nSPS) is 10.2. The molecule has 3 N–H and O–H groups in total. The second kappa shape index (κ2) is 9.83. The predicted molar refractivity (Wildman–Crippen MR) is 108 cm³/mol. The molecule has 2 aromatic carbocycles. The van der Waals surface area contributed by atoms with E-state index in [1.807, 2.05) is 25.1 Å². The molecule has 2 rings (SSSR count). The van der Waals surface area contributed by atoms with Crippen molar-refractivity contribution in [2.75, 3.05) is 19.0 Å². The molecule has 0 aliphatic carbocycles. The van der Waals surface area contributed by atoms with E-state index in [2.05, 4.69) is 22.9 Å². The first-order valence-electron chi connectivity index (χ1n) is 8.73. The molecule has 27 heavy (non-hydrogen) atoms. The Labute approximate surface area is 164 Å². The van der Waals surface area contributed by atoms with Crippen LogP contribution in [-0.2, 0) is 6.54 Å². The number of urea groups is 1. The predicted octanol–water partition coefficient (Wildman–Crippen LogP) is 4.12. The minimum absolute atomic E-state index is 0.301. The fourth-order valence-electron chi connectivity index (χ4n) is 2.44. The molecule has 0 bridgehead atoms. The van der Waals surface area contributed by atoms with Gasteiger partial charge in [-0.15, -0.1) is 0 Å². The molecule has 0 unspecified atom stereocenters. The van der Waals surface area contributed by atoms with Gasteiger partial charge in [0.1, 0.15) is 5.75 Å². The van der Waals surface area contributed by atoms with Crippen molar-refractivity contribution < 1.29 is 14.3 Å². The summed E-state index contributed by atoms with van der Waals surface area (Å²) in [6.45, 7) is 5.09. The lowest BCUT2D eigenvalue weighted by Crippen LogP contribution is -2.28. The molecule has 3 amide bonds. The van der Waals surface area contributed by atoms with Crippen molar-refractivity contribution in [1.29, 1.82) is 0 Å². The highest BCUT2D eigenvalue weighted by Crippen LogP contribution is 2.21. The van der Waals surface area contributed by atoms with Gasteiger partial charge in [-0.3, -0.25) is 4.79 Å². The number of benzene rings is 2. The van der Waals surface area contributed by atoms with Crippen LogP contribution in [0.2, 0.25) is 5.02 Å². The maximum absolute atomic E-state index is 12.2. The van der Waals surface area contributed by atoms with E-state index in [1.165, 1.54) is 13.1 Å². The topological polar surface area (TPSA) is 79.5 Å². The molecule has 0 heterocycles. The Morgan fingerprint density at radius 1 is 1.15 bits per heavy atom. The number of rotatable bonds is 7. The number of amides is 3. The van der Waals surface area contributed by atoms with Crippen molar-refractivity contribution >= 4 is 29.2 Å². The van der Waals surface area contributed by atoms with Gasteiger partial charge in [0, 0.05) is 19.3 Å². The third-order valence-corrected chi connectivity index (χ3v) is 4.25. The van der Waals surface area contributed by atoms with Crippen LogP contribution in [0.15, 0.2) is 36.4 Å². The lowest BCUT2D eigenvalue weighted by molar-refractivity contribution is 0.0963. The third kappa shape index (κ3) is 5.89. The molecule has 6 nitrogen and oxygen atoms in total. The Bertz CT molecular complexity index is 824. The van der Waals surface area contributed by atoms with Crippen molar-refractivity contribution in [3.05, 3.63) is 58.1 Å². The zero-order valence-corrected chi connectivity index (χ0v) is 16.4. The quantitative estimate of drug-likeness (QED) is 0.666. The van der Waals surface area contributed by atoms with Gasteiger partial charge >= 0.3 is 6.03 Å². The smallest absolute Gasteiger partial charge is 0.319 e. The zero-order chi connectivity index (χ0) is 19.8. The first-order chi connectivity index (χ1) is 12.9. The summed E-state index contributed by atoms with van der Waals surface area (Å²) in [4.78, 5) is 23.9. The Morgan fingerprint density at radius 3 is 2.59 bits per heavy atom. The van der Waals surface area contributed by atoms with Gasteiger partial charge in [0.25, 0.3) is 5.91 Å². The molecule has 0 saturated carbocycles. The summed E-state index contributed by atoms with van der Waals surface area (Å²) in [6, 6.07) is 10.2. The van der Waals surface area contributed by atoms with Crippen LogP contribution >= 0.6 is 11.6 Å². The molecule has 0 spiro atoms. The first-order valence-corrected chi connectivity index (χ1v) is 9.11. The maximum atomic E-state index is 12.2. The third-order valence-electron chi connectivity index (χ3n) is 3.92. The van der Waals surface area contributed by atoms with E-state index in [1.54, 1.807) is 12.1 Å². The fraction of sp³-hybridized carbons (Fsp3) is 0.300. The fourth-order valence-corrected chi connectivity index (χ4v) is 2.64. The minimum Gasteiger partial charge on any atom is -0.494 e. The number of anilines is 1. The van der Waals surface area contributed by atoms with E-state index in [0.29, 0.717) is 29.4 Å². The van der Waals surface area contributed by atoms with Gasteiger partial charge in [-0.1, -0.05) is 24.6 Å². The van der Waals surface area contributed by atoms with Crippen LogP contribution < -0.4 is 20.7 Å². The molecular weight excluding hydrogens is 366 g/mol. The van der Waals surface area contributed by atoms with Gasteiger partial charge in [0.2, 0.25) is 0 Å². The van der Waals surface area contributed by atoms with Gasteiger partial charge in [0.05, 0.1) is 17.2 Å². The molecule has 144 valence electrons. The summed E-state index contributed by atoms with van der Waals surface area (Å²) in [6.07, 6.45) is 0.953. The highest BCUT2D eigenvalue weighted by molar-refractivity contribution is 6.34. The molecule has 7 heteroatoms. The van der Waals surface area contributed by atoms with E-state index in [9.17, 15) is 9.59 Å². The molecule has 0 aromatic heterocycles. The van der Waals surface area contributed by atoms with Crippen molar-refractivity contribution in [1.82, 2.24) is 10.6 Å². The van der Waals surface area contributed by atoms with Crippen molar-refractivity contribution in [3.8, 4) is 5.75 Å². The first kappa shape index (κ1) is 20.6. The number of ether oxygens (including phenoxy) is 1. The van der Waals surface area contributed by atoms with E-state index >= 15 is 0 Å². The number of hydrogen-bond acceptors (Lipinski definition) is 3. The number of carbonyl (C=O) groups is 2. The summed E-state index contributed by atoms with van der Waals surface area (Å²) in [5, 5.41) is 8.34. The monoisotopic (exact) mass is 389 g/mol. The standard InChI is InChI=1S/C20H24ClN3O3/c1-4-9-27-16-7-5-14(13(2)10-16)12-23-20(26)24-15-6-8-18(21)17(11-15)19(25)22-3/h5-8,10-11H,4,9,12H2,1-3H3,(H,22,25)(H2,23,24,26). The minimum atomic E-state index is -0.370.